The van der Waals surface area contributed by atoms with Gasteiger partial charge in [0.1, 0.15) is 0 Å². The summed E-state index contributed by atoms with van der Waals surface area (Å²) in [6.45, 7) is 4.98. The Hall–Kier alpha value is -0.870. The molecule has 1 aliphatic rings. The molecular weight excluding hydrogens is 232 g/mol. The molecule has 0 aliphatic carbocycles. The molecule has 4 heteroatoms. The molecule has 2 rings (SSSR count). The van der Waals surface area contributed by atoms with E-state index >= 15 is 0 Å². The van der Waals surface area contributed by atoms with E-state index in [0.29, 0.717) is 6.42 Å². The summed E-state index contributed by atoms with van der Waals surface area (Å²) >= 11 is 1.71. The summed E-state index contributed by atoms with van der Waals surface area (Å²) < 4.78 is 0. The van der Waals surface area contributed by atoms with Crippen LogP contribution in [0.1, 0.15) is 29.5 Å². The standard InChI is InChI=1S/C13H20N2OS/c1-9-7-11(14)5-6-15(9)13(16)8-12-4-3-10(2)17-12/h3-4,9,11H,5-8,14H2,1-2H3/t9-,11+/m0/s1. The van der Waals surface area contributed by atoms with Crippen molar-refractivity contribution < 1.29 is 4.79 Å². The number of carbonyl (C=O) groups is 1. The van der Waals surface area contributed by atoms with E-state index in [4.69, 9.17) is 5.73 Å². The molecule has 2 atom stereocenters. The summed E-state index contributed by atoms with van der Waals surface area (Å²) in [6.07, 6.45) is 2.40. The number of aryl methyl sites for hydroxylation is 1. The van der Waals surface area contributed by atoms with E-state index in [-0.39, 0.29) is 18.0 Å². The van der Waals surface area contributed by atoms with Crippen LogP contribution in [-0.4, -0.2) is 29.4 Å². The number of nitrogens with zero attached hydrogens (tertiary/aromatic N) is 1. The van der Waals surface area contributed by atoms with Gasteiger partial charge in [-0.2, -0.15) is 0 Å². The van der Waals surface area contributed by atoms with Crippen LogP contribution in [0.5, 0.6) is 0 Å². The number of rotatable bonds is 2. The summed E-state index contributed by atoms with van der Waals surface area (Å²) in [5, 5.41) is 0. The van der Waals surface area contributed by atoms with Gasteiger partial charge < -0.3 is 10.6 Å². The number of hydrogen-bond acceptors (Lipinski definition) is 3. The van der Waals surface area contributed by atoms with Gasteiger partial charge >= 0.3 is 0 Å². The lowest BCUT2D eigenvalue weighted by atomic mass is 9.99. The van der Waals surface area contributed by atoms with Crippen LogP contribution in [0.4, 0.5) is 0 Å². The van der Waals surface area contributed by atoms with E-state index in [2.05, 4.69) is 26.0 Å². The average Bonchev–Trinajstić information content (AvgIpc) is 2.63. The lowest BCUT2D eigenvalue weighted by Gasteiger charge is -2.36. The SMILES string of the molecule is Cc1ccc(CC(=O)N2CC[C@@H](N)C[C@@H]2C)s1. The Labute approximate surface area is 107 Å². The predicted octanol–water partition coefficient (Wildman–Crippen LogP) is 1.94. The van der Waals surface area contributed by atoms with Crippen LogP contribution in [0.15, 0.2) is 12.1 Å². The first kappa shape index (κ1) is 12.6. The van der Waals surface area contributed by atoms with E-state index in [1.165, 1.54) is 4.88 Å². The summed E-state index contributed by atoms with van der Waals surface area (Å²) in [5.41, 5.74) is 5.91. The highest BCUT2D eigenvalue weighted by atomic mass is 32.1. The van der Waals surface area contributed by atoms with Gasteiger partial charge in [-0.15, -0.1) is 11.3 Å². The Morgan fingerprint density at radius 3 is 2.94 bits per heavy atom. The molecule has 0 unspecified atom stereocenters. The molecule has 2 N–H and O–H groups in total. The second-order valence-electron chi connectivity index (χ2n) is 4.91. The lowest BCUT2D eigenvalue weighted by molar-refractivity contribution is -0.133. The molecule has 0 radical (unpaired) electrons. The Bertz CT molecular complexity index is 402. The maximum Gasteiger partial charge on any atom is 0.228 e. The summed E-state index contributed by atoms with van der Waals surface area (Å²) in [5.74, 6) is 0.242. The summed E-state index contributed by atoms with van der Waals surface area (Å²) in [4.78, 5) is 16.6. The monoisotopic (exact) mass is 252 g/mol. The van der Waals surface area contributed by atoms with E-state index in [9.17, 15) is 4.79 Å². The Kier molecular flexibility index (Phi) is 3.84. The maximum absolute atomic E-state index is 12.2. The molecule has 3 nitrogen and oxygen atoms in total. The highest BCUT2D eigenvalue weighted by molar-refractivity contribution is 7.12. The number of piperidine rings is 1. The van der Waals surface area contributed by atoms with Crippen LogP contribution >= 0.6 is 11.3 Å². The van der Waals surface area contributed by atoms with Gasteiger partial charge in [0, 0.05) is 28.4 Å². The number of hydrogen-bond donors (Lipinski definition) is 1. The zero-order valence-electron chi connectivity index (χ0n) is 10.5. The van der Waals surface area contributed by atoms with Crippen LogP contribution in [0.25, 0.3) is 0 Å². The van der Waals surface area contributed by atoms with Gasteiger partial charge in [0.25, 0.3) is 0 Å². The van der Waals surface area contributed by atoms with Gasteiger partial charge in [0.05, 0.1) is 6.42 Å². The van der Waals surface area contributed by atoms with Crippen LogP contribution in [-0.2, 0) is 11.2 Å². The van der Waals surface area contributed by atoms with Gasteiger partial charge in [-0.1, -0.05) is 0 Å². The highest BCUT2D eigenvalue weighted by Gasteiger charge is 2.26. The minimum absolute atomic E-state index is 0.242. The Morgan fingerprint density at radius 1 is 1.59 bits per heavy atom. The molecule has 0 aromatic carbocycles. The number of nitrogens with two attached hydrogens (primary N) is 1. The van der Waals surface area contributed by atoms with Crippen molar-refractivity contribution in [1.82, 2.24) is 4.90 Å². The lowest BCUT2D eigenvalue weighted by Crippen LogP contribution is -2.48. The second-order valence-corrected chi connectivity index (χ2v) is 6.28. The molecular formula is C13H20N2OS. The predicted molar refractivity (Wildman–Crippen MR) is 71.1 cm³/mol. The third-order valence-corrected chi connectivity index (χ3v) is 4.36. The fourth-order valence-electron chi connectivity index (χ4n) is 2.41. The normalized spacial score (nSPS) is 25.0. The first-order valence-electron chi connectivity index (χ1n) is 6.16. The molecule has 1 saturated heterocycles. The average molecular weight is 252 g/mol. The zero-order chi connectivity index (χ0) is 12.4. The third kappa shape index (κ3) is 3.07. The van der Waals surface area contributed by atoms with Crippen LogP contribution in [0.3, 0.4) is 0 Å². The number of amides is 1. The van der Waals surface area contributed by atoms with Crippen molar-refractivity contribution in [3.63, 3.8) is 0 Å². The van der Waals surface area contributed by atoms with Gasteiger partial charge in [0.15, 0.2) is 0 Å². The third-order valence-electron chi connectivity index (χ3n) is 3.36. The van der Waals surface area contributed by atoms with Gasteiger partial charge in [-0.25, -0.2) is 0 Å². The molecule has 17 heavy (non-hydrogen) atoms. The summed E-state index contributed by atoms with van der Waals surface area (Å²) in [7, 11) is 0. The van der Waals surface area contributed by atoms with Gasteiger partial charge in [-0.3, -0.25) is 4.79 Å². The topological polar surface area (TPSA) is 46.3 Å². The van der Waals surface area contributed by atoms with Gasteiger partial charge in [-0.05, 0) is 38.8 Å². The minimum atomic E-state index is 0.242. The molecule has 1 amide bonds. The molecule has 1 fully saturated rings. The van der Waals surface area contributed by atoms with Crippen molar-refractivity contribution in [3.05, 3.63) is 21.9 Å². The van der Waals surface area contributed by atoms with Crippen LogP contribution in [0, 0.1) is 6.92 Å². The minimum Gasteiger partial charge on any atom is -0.340 e. The maximum atomic E-state index is 12.2. The van der Waals surface area contributed by atoms with Crippen molar-refractivity contribution in [1.29, 1.82) is 0 Å². The zero-order valence-corrected chi connectivity index (χ0v) is 11.3. The van der Waals surface area contributed by atoms with Crippen molar-refractivity contribution in [2.45, 2.75) is 45.2 Å². The molecule has 1 aliphatic heterocycles. The molecule has 94 valence electrons. The first-order valence-corrected chi connectivity index (χ1v) is 6.98. The van der Waals surface area contributed by atoms with E-state index in [1.54, 1.807) is 11.3 Å². The van der Waals surface area contributed by atoms with Crippen LogP contribution < -0.4 is 5.73 Å². The molecule has 0 bridgehead atoms. The molecule has 1 aromatic heterocycles. The quantitative estimate of drug-likeness (QED) is 0.874. The smallest absolute Gasteiger partial charge is 0.228 e. The fraction of sp³-hybridized carbons (Fsp3) is 0.615. The Morgan fingerprint density at radius 2 is 2.35 bits per heavy atom. The van der Waals surface area contributed by atoms with Gasteiger partial charge in [0.2, 0.25) is 5.91 Å². The van der Waals surface area contributed by atoms with E-state index in [0.717, 1.165) is 24.3 Å². The molecule has 1 aromatic rings. The number of thiophene rings is 1. The van der Waals surface area contributed by atoms with Crippen molar-refractivity contribution in [3.8, 4) is 0 Å². The fourth-order valence-corrected chi connectivity index (χ4v) is 3.29. The highest BCUT2D eigenvalue weighted by Crippen LogP contribution is 2.20. The van der Waals surface area contributed by atoms with Crippen LogP contribution in [0.2, 0.25) is 0 Å². The first-order chi connectivity index (χ1) is 8.06. The Balaban J connectivity index is 1.96. The second kappa shape index (κ2) is 5.19. The summed E-state index contributed by atoms with van der Waals surface area (Å²) in [6, 6.07) is 4.67. The van der Waals surface area contributed by atoms with Crippen molar-refractivity contribution in [2.75, 3.05) is 6.54 Å². The number of likely N-dealkylation sites (tertiary alicyclic amines) is 1. The largest absolute Gasteiger partial charge is 0.340 e. The van der Waals surface area contributed by atoms with E-state index in [1.807, 2.05) is 4.90 Å². The van der Waals surface area contributed by atoms with Crippen molar-refractivity contribution >= 4 is 17.2 Å². The van der Waals surface area contributed by atoms with E-state index < -0.39 is 0 Å². The number of carbonyl (C=O) groups excluding carboxylic acids is 1. The molecule has 0 saturated carbocycles. The molecule has 2 heterocycles. The van der Waals surface area contributed by atoms with Crippen molar-refractivity contribution in [2.24, 2.45) is 5.73 Å². The molecule has 0 spiro atoms.